The van der Waals surface area contributed by atoms with Gasteiger partial charge in [0.2, 0.25) is 0 Å². The minimum absolute atomic E-state index is 0.0237. The van der Waals surface area contributed by atoms with Crippen molar-refractivity contribution in [2.24, 2.45) is 7.05 Å². The Balaban J connectivity index is 1.75. The molecule has 3 heterocycles. The van der Waals surface area contributed by atoms with Gasteiger partial charge in [0.25, 0.3) is 0 Å². The van der Waals surface area contributed by atoms with E-state index in [2.05, 4.69) is 15.2 Å². The summed E-state index contributed by atoms with van der Waals surface area (Å²) < 4.78 is 3.44. The number of hydrogen-bond donors (Lipinski definition) is 0. The summed E-state index contributed by atoms with van der Waals surface area (Å²) in [6, 6.07) is -0.0237. The van der Waals surface area contributed by atoms with E-state index in [1.54, 1.807) is 18.7 Å². The van der Waals surface area contributed by atoms with Crippen LogP contribution in [0.15, 0.2) is 25.0 Å². The molecule has 2 aromatic heterocycles. The highest BCUT2D eigenvalue weighted by atomic mass is 16.2. The summed E-state index contributed by atoms with van der Waals surface area (Å²) in [6.45, 7) is 1.47. The van der Waals surface area contributed by atoms with Gasteiger partial charge in [-0.3, -0.25) is 4.57 Å². The molecular weight excluding hydrogens is 244 g/mol. The van der Waals surface area contributed by atoms with Crippen molar-refractivity contribution in [3.63, 3.8) is 0 Å². The maximum absolute atomic E-state index is 12.3. The molecule has 0 spiro atoms. The van der Waals surface area contributed by atoms with Crippen molar-refractivity contribution < 1.29 is 4.79 Å². The molecule has 0 saturated carbocycles. The predicted molar refractivity (Wildman–Crippen MR) is 67.6 cm³/mol. The first-order chi connectivity index (χ1) is 9.25. The Morgan fingerprint density at radius 1 is 1.42 bits per heavy atom. The van der Waals surface area contributed by atoms with Crippen LogP contribution < -0.4 is 0 Å². The molecule has 1 unspecified atom stereocenters. The minimum Gasteiger partial charge on any atom is -0.323 e. The number of likely N-dealkylation sites (tertiary alicyclic amines) is 1. The number of rotatable bonds is 1. The fourth-order valence-electron chi connectivity index (χ4n) is 2.56. The van der Waals surface area contributed by atoms with Crippen LogP contribution in [0.4, 0.5) is 4.79 Å². The zero-order valence-corrected chi connectivity index (χ0v) is 10.8. The van der Waals surface area contributed by atoms with E-state index in [-0.39, 0.29) is 11.9 Å². The van der Waals surface area contributed by atoms with Gasteiger partial charge in [0.1, 0.15) is 18.5 Å². The molecule has 0 radical (unpaired) electrons. The third-order valence-corrected chi connectivity index (χ3v) is 3.53. The van der Waals surface area contributed by atoms with Gasteiger partial charge in [-0.15, -0.1) is 10.2 Å². The number of hydrogen-bond acceptors (Lipinski definition) is 4. The summed E-state index contributed by atoms with van der Waals surface area (Å²) in [6.07, 6.45) is 8.55. The summed E-state index contributed by atoms with van der Waals surface area (Å²) in [4.78, 5) is 18.0. The molecule has 3 rings (SSSR count). The van der Waals surface area contributed by atoms with Crippen molar-refractivity contribution in [1.82, 2.24) is 29.2 Å². The third kappa shape index (κ3) is 2.23. The SMILES string of the molecule is Cn1cnnc1C1CCCN(C(=O)n2ccnc2)C1. The van der Waals surface area contributed by atoms with Crippen molar-refractivity contribution >= 4 is 6.03 Å². The van der Waals surface area contributed by atoms with Gasteiger partial charge in [0, 0.05) is 38.4 Å². The van der Waals surface area contributed by atoms with Gasteiger partial charge in [-0.2, -0.15) is 0 Å². The highest BCUT2D eigenvalue weighted by Crippen LogP contribution is 2.25. The van der Waals surface area contributed by atoms with Crippen LogP contribution >= 0.6 is 0 Å². The molecule has 7 heteroatoms. The second-order valence-electron chi connectivity index (χ2n) is 4.84. The lowest BCUT2D eigenvalue weighted by atomic mass is 9.97. The van der Waals surface area contributed by atoms with Crippen LogP contribution in [0.3, 0.4) is 0 Å². The molecule has 1 amide bonds. The van der Waals surface area contributed by atoms with Gasteiger partial charge in [0.15, 0.2) is 0 Å². The van der Waals surface area contributed by atoms with Crippen molar-refractivity contribution in [2.75, 3.05) is 13.1 Å². The van der Waals surface area contributed by atoms with Crippen molar-refractivity contribution in [3.05, 3.63) is 30.9 Å². The monoisotopic (exact) mass is 260 g/mol. The molecule has 0 aromatic carbocycles. The summed E-state index contributed by atoms with van der Waals surface area (Å²) in [5, 5.41) is 8.06. The topological polar surface area (TPSA) is 68.8 Å². The molecule has 0 bridgehead atoms. The molecule has 19 heavy (non-hydrogen) atoms. The molecule has 100 valence electrons. The number of amides is 1. The molecule has 1 fully saturated rings. The van der Waals surface area contributed by atoms with E-state index in [0.717, 1.165) is 25.2 Å². The Morgan fingerprint density at radius 3 is 3.00 bits per heavy atom. The molecule has 7 nitrogen and oxygen atoms in total. The Bertz CT molecular complexity index is 561. The molecule has 1 saturated heterocycles. The number of imidazole rings is 1. The van der Waals surface area contributed by atoms with Crippen LogP contribution in [0.2, 0.25) is 0 Å². The third-order valence-electron chi connectivity index (χ3n) is 3.53. The van der Waals surface area contributed by atoms with Crippen LogP contribution in [0.1, 0.15) is 24.6 Å². The fourth-order valence-corrected chi connectivity index (χ4v) is 2.56. The van der Waals surface area contributed by atoms with Gasteiger partial charge >= 0.3 is 6.03 Å². The number of piperidine rings is 1. The second-order valence-corrected chi connectivity index (χ2v) is 4.84. The minimum atomic E-state index is -0.0237. The van der Waals surface area contributed by atoms with E-state index >= 15 is 0 Å². The highest BCUT2D eigenvalue weighted by molar-refractivity contribution is 5.76. The van der Waals surface area contributed by atoms with Crippen molar-refractivity contribution in [3.8, 4) is 0 Å². The first-order valence-corrected chi connectivity index (χ1v) is 6.37. The number of aromatic nitrogens is 5. The lowest BCUT2D eigenvalue weighted by molar-refractivity contribution is 0.179. The van der Waals surface area contributed by atoms with Gasteiger partial charge in [-0.1, -0.05) is 0 Å². The standard InChI is InChI=1S/C12H16N6O/c1-16-9-14-15-11(16)10-3-2-5-17(7-10)12(19)18-6-4-13-8-18/h4,6,8-10H,2-3,5,7H2,1H3. The van der Waals surface area contributed by atoms with Crippen LogP contribution in [0.25, 0.3) is 0 Å². The van der Waals surface area contributed by atoms with E-state index < -0.39 is 0 Å². The number of carbonyl (C=O) groups is 1. The lowest BCUT2D eigenvalue weighted by Gasteiger charge is -2.31. The van der Waals surface area contributed by atoms with Crippen LogP contribution in [-0.4, -0.2) is 48.3 Å². The van der Waals surface area contributed by atoms with Crippen LogP contribution in [-0.2, 0) is 7.05 Å². The quantitative estimate of drug-likeness (QED) is 0.762. The maximum Gasteiger partial charge on any atom is 0.329 e. The Kier molecular flexibility index (Phi) is 3.02. The second kappa shape index (κ2) is 4.83. The number of carbonyl (C=O) groups excluding carboxylic acids is 1. The first kappa shape index (κ1) is 11.9. The zero-order chi connectivity index (χ0) is 13.2. The Hall–Kier alpha value is -2.18. The fraction of sp³-hybridized carbons (Fsp3) is 0.500. The van der Waals surface area contributed by atoms with E-state index in [1.807, 2.05) is 16.5 Å². The Morgan fingerprint density at radius 2 is 2.32 bits per heavy atom. The molecule has 1 atom stereocenters. The van der Waals surface area contributed by atoms with Crippen molar-refractivity contribution in [1.29, 1.82) is 0 Å². The predicted octanol–water partition coefficient (Wildman–Crippen LogP) is 0.859. The summed E-state index contributed by atoms with van der Waals surface area (Å²) in [7, 11) is 1.94. The molecule has 1 aliphatic rings. The molecule has 2 aromatic rings. The maximum atomic E-state index is 12.3. The van der Waals surface area contributed by atoms with Gasteiger partial charge in [-0.25, -0.2) is 9.78 Å². The van der Waals surface area contributed by atoms with Gasteiger partial charge in [0.05, 0.1) is 0 Å². The molecule has 0 N–H and O–H groups in total. The van der Waals surface area contributed by atoms with Gasteiger partial charge < -0.3 is 9.47 Å². The zero-order valence-electron chi connectivity index (χ0n) is 10.8. The molecular formula is C12H16N6O. The smallest absolute Gasteiger partial charge is 0.323 e. The van der Waals surface area contributed by atoms with Crippen LogP contribution in [0.5, 0.6) is 0 Å². The average molecular weight is 260 g/mol. The summed E-state index contributed by atoms with van der Waals surface area (Å²) >= 11 is 0. The average Bonchev–Trinajstić information content (AvgIpc) is 3.09. The largest absolute Gasteiger partial charge is 0.329 e. The van der Waals surface area contributed by atoms with Crippen molar-refractivity contribution in [2.45, 2.75) is 18.8 Å². The van der Waals surface area contributed by atoms with E-state index in [4.69, 9.17) is 0 Å². The molecule has 0 aliphatic carbocycles. The van der Waals surface area contributed by atoms with Gasteiger partial charge in [-0.05, 0) is 12.8 Å². The number of nitrogens with zero attached hydrogens (tertiary/aromatic N) is 6. The normalized spacial score (nSPS) is 19.6. The lowest BCUT2D eigenvalue weighted by Crippen LogP contribution is -2.41. The highest BCUT2D eigenvalue weighted by Gasteiger charge is 2.27. The van der Waals surface area contributed by atoms with E-state index in [9.17, 15) is 4.79 Å². The molecule has 1 aliphatic heterocycles. The summed E-state index contributed by atoms with van der Waals surface area (Å²) in [5.74, 6) is 1.21. The Labute approximate surface area is 110 Å². The van der Waals surface area contributed by atoms with Crippen LogP contribution in [0, 0.1) is 0 Å². The van der Waals surface area contributed by atoms with E-state index in [1.165, 1.54) is 10.9 Å². The number of aryl methyl sites for hydroxylation is 1. The first-order valence-electron chi connectivity index (χ1n) is 6.37. The summed E-state index contributed by atoms with van der Waals surface area (Å²) in [5.41, 5.74) is 0. The van der Waals surface area contributed by atoms with E-state index in [0.29, 0.717) is 6.54 Å².